The highest BCUT2D eigenvalue weighted by Crippen LogP contribution is 2.23. The van der Waals surface area contributed by atoms with Gasteiger partial charge < -0.3 is 10.2 Å². The lowest BCUT2D eigenvalue weighted by atomic mass is 9.99. The Balaban J connectivity index is 4.10. The Labute approximate surface area is 163 Å². The Kier molecular flexibility index (Phi) is 11.9. The van der Waals surface area contributed by atoms with Crippen LogP contribution in [0.5, 0.6) is 0 Å². The molecule has 3 N–H and O–H groups in total. The molecule has 0 aliphatic carbocycles. The monoisotopic (exact) mass is 387 g/mol. The Bertz CT molecular complexity index is 473. The first-order valence-corrected chi connectivity index (χ1v) is 10.1. The average Bonchev–Trinajstić information content (AvgIpc) is 2.54. The lowest BCUT2D eigenvalue weighted by Crippen LogP contribution is -2.71. The fourth-order valence-corrected chi connectivity index (χ4v) is 3.29. The van der Waals surface area contributed by atoms with E-state index in [0.29, 0.717) is 19.3 Å². The summed E-state index contributed by atoms with van der Waals surface area (Å²) >= 11 is 0. The largest absolute Gasteiger partial charge is 0.481 e. The lowest BCUT2D eigenvalue weighted by Gasteiger charge is -2.43. The molecule has 0 radical (unpaired) electrons. The van der Waals surface area contributed by atoms with Crippen molar-refractivity contribution in [3.63, 3.8) is 0 Å². The first-order valence-electron chi connectivity index (χ1n) is 10.1. The summed E-state index contributed by atoms with van der Waals surface area (Å²) in [5, 5.41) is 21.1. The van der Waals surface area contributed by atoms with Crippen LogP contribution >= 0.6 is 0 Å². The van der Waals surface area contributed by atoms with Crippen LogP contribution in [0.1, 0.15) is 84.0 Å². The molecule has 0 aliphatic rings. The van der Waals surface area contributed by atoms with Gasteiger partial charge in [-0.1, -0.05) is 45.4 Å². The Morgan fingerprint density at radius 2 is 1.26 bits per heavy atom. The van der Waals surface area contributed by atoms with E-state index in [1.807, 2.05) is 6.92 Å². The number of hydrogen-bond acceptors (Lipinski definition) is 3. The van der Waals surface area contributed by atoms with Gasteiger partial charge in [0.25, 0.3) is 5.66 Å². The summed E-state index contributed by atoms with van der Waals surface area (Å²) in [6, 6.07) is 0. The Morgan fingerprint density at radius 3 is 1.63 bits per heavy atom. The topological polar surface area (TPSA) is 104 Å². The third-order valence-corrected chi connectivity index (χ3v) is 5.00. The quantitative estimate of drug-likeness (QED) is 0.214. The second kappa shape index (κ2) is 12.7. The summed E-state index contributed by atoms with van der Waals surface area (Å²) in [6.45, 7) is 1.92. The van der Waals surface area contributed by atoms with Crippen LogP contribution < -0.4 is 5.32 Å². The molecule has 0 aromatic rings. The minimum Gasteiger partial charge on any atom is -0.481 e. The zero-order chi connectivity index (χ0) is 20.9. The van der Waals surface area contributed by atoms with Gasteiger partial charge in [0.05, 0.1) is 21.1 Å². The summed E-state index contributed by atoms with van der Waals surface area (Å²) in [4.78, 5) is 34.6. The molecule has 0 saturated carbocycles. The molecule has 1 amide bonds. The van der Waals surface area contributed by atoms with E-state index in [2.05, 4.69) is 5.32 Å². The predicted molar refractivity (Wildman–Crippen MR) is 105 cm³/mol. The van der Waals surface area contributed by atoms with Gasteiger partial charge in [0.1, 0.15) is 0 Å². The third kappa shape index (κ3) is 9.75. The summed E-state index contributed by atoms with van der Waals surface area (Å²) < 4.78 is 0.143. The van der Waals surface area contributed by atoms with Gasteiger partial charge >= 0.3 is 11.9 Å². The van der Waals surface area contributed by atoms with Crippen LogP contribution in [0, 0.1) is 0 Å². The van der Waals surface area contributed by atoms with Crippen molar-refractivity contribution >= 4 is 17.8 Å². The van der Waals surface area contributed by atoms with Crippen LogP contribution in [0.2, 0.25) is 0 Å². The highest BCUT2D eigenvalue weighted by atomic mass is 16.4. The number of carbonyl (C=O) groups excluding carboxylic acids is 1. The van der Waals surface area contributed by atoms with Gasteiger partial charge in [-0.3, -0.25) is 19.4 Å². The number of likely N-dealkylation sites (N-methyl/N-ethyl adjacent to an activating group) is 1. The Hall–Kier alpha value is -1.63. The molecule has 7 heteroatoms. The Morgan fingerprint density at radius 1 is 0.815 bits per heavy atom. The maximum Gasteiger partial charge on any atom is 0.388 e. The number of amides is 1. The number of carbonyl (C=O) groups is 3. The zero-order valence-corrected chi connectivity index (χ0v) is 17.6. The summed E-state index contributed by atoms with van der Waals surface area (Å²) in [6.07, 6.45) is 9.32. The molecule has 1 unspecified atom stereocenters. The fraction of sp³-hybridized carbons (Fsp3) is 0.850. The highest BCUT2D eigenvalue weighted by molar-refractivity contribution is 5.85. The van der Waals surface area contributed by atoms with Crippen LogP contribution in [0.15, 0.2) is 0 Å². The number of hydrogen-bond donors (Lipinski definition) is 3. The molecular formula is C20H39N2O5+. The summed E-state index contributed by atoms with van der Waals surface area (Å²) in [5.41, 5.74) is -1.29. The number of nitrogens with zero attached hydrogens (tertiary/aromatic N) is 1. The van der Waals surface area contributed by atoms with Gasteiger partial charge in [0.2, 0.25) is 5.91 Å². The van der Waals surface area contributed by atoms with Crippen molar-refractivity contribution in [2.24, 2.45) is 0 Å². The van der Waals surface area contributed by atoms with Crippen molar-refractivity contribution in [3.05, 3.63) is 0 Å². The van der Waals surface area contributed by atoms with Crippen LogP contribution in [0.4, 0.5) is 0 Å². The van der Waals surface area contributed by atoms with Crippen molar-refractivity contribution in [1.29, 1.82) is 0 Å². The number of nitrogens with one attached hydrogen (secondary N) is 1. The molecule has 0 bridgehead atoms. The van der Waals surface area contributed by atoms with E-state index >= 15 is 0 Å². The molecule has 7 nitrogen and oxygen atoms in total. The summed E-state index contributed by atoms with van der Waals surface area (Å²) in [5.74, 6) is -1.93. The van der Waals surface area contributed by atoms with Crippen LogP contribution in [0.25, 0.3) is 0 Å². The molecule has 158 valence electrons. The number of unbranched alkanes of at least 4 members (excludes halogenated alkanes) is 7. The SMILES string of the molecule is CCCC(NC(=O)CCCCCCCCCCC(=O)O)(C(=O)O)[N+](C)(C)C. The number of rotatable bonds is 16. The predicted octanol–water partition coefficient (Wildman–Crippen LogP) is 3.38. The molecule has 0 saturated heterocycles. The van der Waals surface area contributed by atoms with Crippen molar-refractivity contribution in [3.8, 4) is 0 Å². The normalized spacial score (nSPS) is 13.8. The van der Waals surface area contributed by atoms with E-state index in [4.69, 9.17) is 5.11 Å². The number of carboxylic acids is 2. The molecule has 0 aromatic heterocycles. The molecule has 0 aliphatic heterocycles. The maximum atomic E-state index is 12.3. The van der Waals surface area contributed by atoms with E-state index in [-0.39, 0.29) is 16.8 Å². The van der Waals surface area contributed by atoms with Crippen LogP contribution in [-0.2, 0) is 14.4 Å². The maximum absolute atomic E-state index is 12.3. The first-order chi connectivity index (χ1) is 12.6. The first kappa shape index (κ1) is 25.4. The van der Waals surface area contributed by atoms with Gasteiger partial charge in [-0.05, 0) is 19.3 Å². The van der Waals surface area contributed by atoms with Crippen LogP contribution in [-0.4, -0.2) is 59.3 Å². The average molecular weight is 388 g/mol. The minimum absolute atomic E-state index is 0.143. The minimum atomic E-state index is -1.29. The van der Waals surface area contributed by atoms with Gasteiger partial charge in [-0.2, -0.15) is 0 Å². The molecule has 0 fully saturated rings. The molecule has 27 heavy (non-hydrogen) atoms. The van der Waals surface area contributed by atoms with Crippen molar-refractivity contribution in [1.82, 2.24) is 5.32 Å². The zero-order valence-electron chi connectivity index (χ0n) is 17.6. The highest BCUT2D eigenvalue weighted by Gasteiger charge is 2.51. The van der Waals surface area contributed by atoms with Gasteiger partial charge in [0.15, 0.2) is 0 Å². The van der Waals surface area contributed by atoms with E-state index in [1.54, 1.807) is 21.1 Å². The number of carboxylic acid groups (broad SMARTS) is 2. The molecule has 0 spiro atoms. The smallest absolute Gasteiger partial charge is 0.388 e. The number of aliphatic carboxylic acids is 2. The van der Waals surface area contributed by atoms with E-state index in [0.717, 1.165) is 51.4 Å². The van der Waals surface area contributed by atoms with Crippen LogP contribution in [0.3, 0.4) is 0 Å². The number of quaternary nitrogens is 1. The fourth-order valence-electron chi connectivity index (χ4n) is 3.29. The van der Waals surface area contributed by atoms with E-state index in [9.17, 15) is 19.5 Å². The summed E-state index contributed by atoms with van der Waals surface area (Å²) in [7, 11) is 5.38. The van der Waals surface area contributed by atoms with Crippen molar-refractivity contribution in [2.45, 2.75) is 89.6 Å². The van der Waals surface area contributed by atoms with Gasteiger partial charge in [-0.15, -0.1) is 0 Å². The second-order valence-electron chi connectivity index (χ2n) is 8.20. The second-order valence-corrected chi connectivity index (χ2v) is 8.20. The molecular weight excluding hydrogens is 348 g/mol. The van der Waals surface area contributed by atoms with E-state index < -0.39 is 17.6 Å². The standard InChI is InChI=1S/C20H38N2O5/c1-5-16-20(19(26)27,22(2,3)4)21-17(23)14-12-10-8-6-7-9-11-13-15-18(24)25/h5-16H2,1-4H3,(H2-,21,23,24,25,26,27)/p+1. The van der Waals surface area contributed by atoms with Crippen molar-refractivity contribution < 1.29 is 29.1 Å². The van der Waals surface area contributed by atoms with E-state index in [1.165, 1.54) is 0 Å². The molecule has 1 atom stereocenters. The molecule has 0 rings (SSSR count). The molecule has 0 aromatic carbocycles. The van der Waals surface area contributed by atoms with Crippen molar-refractivity contribution in [2.75, 3.05) is 21.1 Å². The van der Waals surface area contributed by atoms with Gasteiger partial charge in [0, 0.05) is 19.3 Å². The lowest BCUT2D eigenvalue weighted by molar-refractivity contribution is -0.917. The van der Waals surface area contributed by atoms with Gasteiger partial charge in [-0.25, -0.2) is 4.79 Å². The third-order valence-electron chi connectivity index (χ3n) is 5.00. The molecule has 0 heterocycles.